The molecule has 21 heavy (non-hydrogen) atoms. The maximum absolute atomic E-state index is 11.8. The molecule has 2 aliphatic rings. The zero-order valence-corrected chi connectivity index (χ0v) is 13.5. The summed E-state index contributed by atoms with van der Waals surface area (Å²) < 4.78 is 11.1. The highest BCUT2D eigenvalue weighted by Gasteiger charge is 2.40. The lowest BCUT2D eigenvalue weighted by molar-refractivity contribution is -0.142. The molecule has 2 aliphatic carbocycles. The van der Waals surface area contributed by atoms with E-state index < -0.39 is 5.60 Å². The molecule has 0 heterocycles. The van der Waals surface area contributed by atoms with Crippen molar-refractivity contribution in [1.82, 2.24) is 0 Å². The van der Waals surface area contributed by atoms with Gasteiger partial charge in [0.15, 0.2) is 0 Å². The summed E-state index contributed by atoms with van der Waals surface area (Å²) in [6, 6.07) is 0. The fraction of sp³-hybridized carbons (Fsp3) is 0.500. The minimum atomic E-state index is -0.427. The summed E-state index contributed by atoms with van der Waals surface area (Å²) >= 11 is 0. The Hall–Kier alpha value is -1.61. The van der Waals surface area contributed by atoms with E-state index in [0.29, 0.717) is 5.57 Å². The number of hydrogen-bond donors (Lipinski definition) is 0. The van der Waals surface area contributed by atoms with E-state index in [1.165, 1.54) is 5.57 Å². The normalized spacial score (nSPS) is 30.0. The number of carbonyl (C=O) groups excluding carboxylic acids is 1. The Morgan fingerprint density at radius 3 is 2.48 bits per heavy atom. The molecule has 0 aromatic rings. The zero-order chi connectivity index (χ0) is 15.8. The van der Waals surface area contributed by atoms with Gasteiger partial charge in [0, 0.05) is 12.7 Å². The third-order valence-corrected chi connectivity index (χ3v) is 4.30. The maximum Gasteiger partial charge on any atom is 0.333 e. The summed E-state index contributed by atoms with van der Waals surface area (Å²) in [7, 11) is 1.69. The molecule has 0 bridgehead atoms. The molecule has 0 amide bonds. The quantitative estimate of drug-likeness (QED) is 0.586. The predicted octanol–water partition coefficient (Wildman–Crippen LogP) is 3.73. The van der Waals surface area contributed by atoms with Gasteiger partial charge in [-0.3, -0.25) is 0 Å². The van der Waals surface area contributed by atoms with Crippen molar-refractivity contribution in [1.29, 1.82) is 0 Å². The summed E-state index contributed by atoms with van der Waals surface area (Å²) in [5.41, 5.74) is 2.24. The van der Waals surface area contributed by atoms with Crippen LogP contribution in [0.2, 0.25) is 0 Å². The van der Waals surface area contributed by atoms with E-state index in [0.717, 1.165) is 12.0 Å². The van der Waals surface area contributed by atoms with Gasteiger partial charge in [-0.05, 0) is 49.0 Å². The number of methoxy groups -OCH3 is 1. The molecule has 0 aliphatic heterocycles. The average Bonchev–Trinajstić information content (AvgIpc) is 2.54. The molecule has 0 spiro atoms. The molecular formula is C18H24O3. The monoisotopic (exact) mass is 288 g/mol. The van der Waals surface area contributed by atoms with Crippen LogP contribution in [0.5, 0.6) is 0 Å². The highest BCUT2D eigenvalue weighted by atomic mass is 16.5. The van der Waals surface area contributed by atoms with Crippen molar-refractivity contribution in [2.24, 2.45) is 5.41 Å². The Bertz CT molecular complexity index is 563. The minimum Gasteiger partial charge on any atom is -0.454 e. The van der Waals surface area contributed by atoms with Crippen LogP contribution in [0.3, 0.4) is 0 Å². The molecule has 2 rings (SSSR count). The van der Waals surface area contributed by atoms with Gasteiger partial charge in [0.1, 0.15) is 11.7 Å². The van der Waals surface area contributed by atoms with Crippen LogP contribution in [-0.4, -0.2) is 24.8 Å². The van der Waals surface area contributed by atoms with E-state index >= 15 is 0 Å². The van der Waals surface area contributed by atoms with Crippen molar-refractivity contribution < 1.29 is 14.3 Å². The molecule has 2 unspecified atom stereocenters. The average molecular weight is 288 g/mol. The topological polar surface area (TPSA) is 35.5 Å². The number of carbonyl (C=O) groups is 1. The highest BCUT2D eigenvalue weighted by Crippen LogP contribution is 2.46. The lowest BCUT2D eigenvalue weighted by Gasteiger charge is -2.23. The highest BCUT2D eigenvalue weighted by molar-refractivity contribution is 5.87. The summed E-state index contributed by atoms with van der Waals surface area (Å²) in [6.07, 6.45) is 8.76. The number of rotatable bonds is 3. The molecule has 2 atom stereocenters. The molecule has 0 saturated carbocycles. The number of hydrogen-bond acceptors (Lipinski definition) is 3. The predicted molar refractivity (Wildman–Crippen MR) is 83.8 cm³/mol. The van der Waals surface area contributed by atoms with E-state index in [1.54, 1.807) is 14.0 Å². The molecule has 0 saturated heterocycles. The van der Waals surface area contributed by atoms with Gasteiger partial charge < -0.3 is 9.47 Å². The molecule has 0 N–H and O–H groups in total. The maximum atomic E-state index is 11.8. The van der Waals surface area contributed by atoms with Gasteiger partial charge in [0.25, 0.3) is 0 Å². The first-order valence-electron chi connectivity index (χ1n) is 7.23. The van der Waals surface area contributed by atoms with Gasteiger partial charge in [0.05, 0.1) is 0 Å². The van der Waals surface area contributed by atoms with Crippen LogP contribution in [0.1, 0.15) is 34.1 Å². The molecular weight excluding hydrogens is 264 g/mol. The van der Waals surface area contributed by atoms with Gasteiger partial charge in [-0.2, -0.15) is 0 Å². The van der Waals surface area contributed by atoms with Crippen LogP contribution in [0.25, 0.3) is 0 Å². The molecule has 0 aromatic heterocycles. The minimum absolute atomic E-state index is 0.0326. The first-order valence-corrected chi connectivity index (χ1v) is 7.23. The Morgan fingerprint density at radius 2 is 1.90 bits per heavy atom. The fourth-order valence-electron chi connectivity index (χ4n) is 2.80. The summed E-state index contributed by atoms with van der Waals surface area (Å²) in [4.78, 5) is 11.8. The Kier molecular flexibility index (Phi) is 3.98. The van der Waals surface area contributed by atoms with Crippen LogP contribution >= 0.6 is 0 Å². The van der Waals surface area contributed by atoms with Gasteiger partial charge in [0.2, 0.25) is 0 Å². The van der Waals surface area contributed by atoms with Gasteiger partial charge in [-0.15, -0.1) is 0 Å². The molecule has 0 fully saturated rings. The second kappa shape index (κ2) is 5.30. The van der Waals surface area contributed by atoms with Crippen molar-refractivity contribution in [3.8, 4) is 0 Å². The lowest BCUT2D eigenvalue weighted by Crippen LogP contribution is -2.23. The van der Waals surface area contributed by atoms with E-state index in [9.17, 15) is 4.79 Å². The zero-order valence-electron chi connectivity index (χ0n) is 13.5. The van der Waals surface area contributed by atoms with Crippen LogP contribution in [0.4, 0.5) is 0 Å². The first-order chi connectivity index (χ1) is 9.68. The Balaban J connectivity index is 2.36. The lowest BCUT2D eigenvalue weighted by atomic mass is 9.84. The first kappa shape index (κ1) is 15.8. The fourth-order valence-corrected chi connectivity index (χ4v) is 2.80. The van der Waals surface area contributed by atoms with Crippen LogP contribution < -0.4 is 0 Å². The number of ether oxygens (including phenoxy) is 2. The molecule has 0 radical (unpaired) electrons. The van der Waals surface area contributed by atoms with Crippen molar-refractivity contribution in [2.75, 3.05) is 7.11 Å². The molecule has 3 nitrogen and oxygen atoms in total. The Morgan fingerprint density at radius 1 is 1.29 bits per heavy atom. The molecule has 114 valence electrons. The SMILES string of the molecule is C=C(C)C(=O)OC1CC(C)(C)C2=C1C=CC(C)(OC)C=C2. The third-order valence-electron chi connectivity index (χ3n) is 4.30. The Labute approximate surface area is 127 Å². The van der Waals surface area contributed by atoms with E-state index in [1.807, 2.05) is 19.1 Å². The second-order valence-corrected chi connectivity index (χ2v) is 6.69. The van der Waals surface area contributed by atoms with Crippen LogP contribution in [0.15, 0.2) is 47.6 Å². The third kappa shape index (κ3) is 3.03. The smallest absolute Gasteiger partial charge is 0.333 e. The molecule has 3 heteroatoms. The van der Waals surface area contributed by atoms with Gasteiger partial charge in [-0.1, -0.05) is 32.6 Å². The van der Waals surface area contributed by atoms with Gasteiger partial charge >= 0.3 is 5.97 Å². The second-order valence-electron chi connectivity index (χ2n) is 6.69. The van der Waals surface area contributed by atoms with Crippen molar-refractivity contribution in [3.63, 3.8) is 0 Å². The van der Waals surface area contributed by atoms with Crippen molar-refractivity contribution in [2.45, 2.75) is 45.8 Å². The molecule has 0 aromatic carbocycles. The summed E-state index contributed by atoms with van der Waals surface area (Å²) in [5, 5.41) is 0. The van der Waals surface area contributed by atoms with Crippen LogP contribution in [-0.2, 0) is 14.3 Å². The van der Waals surface area contributed by atoms with Crippen molar-refractivity contribution >= 4 is 5.97 Å². The largest absolute Gasteiger partial charge is 0.454 e. The van der Waals surface area contributed by atoms with Crippen molar-refractivity contribution in [3.05, 3.63) is 47.6 Å². The van der Waals surface area contributed by atoms with E-state index in [2.05, 4.69) is 32.6 Å². The van der Waals surface area contributed by atoms with E-state index in [4.69, 9.17) is 9.47 Å². The number of allylic oxidation sites excluding steroid dienone is 2. The van der Waals surface area contributed by atoms with Crippen LogP contribution in [0, 0.1) is 5.41 Å². The number of esters is 1. The van der Waals surface area contributed by atoms with Gasteiger partial charge in [-0.25, -0.2) is 4.79 Å². The standard InChI is InChI=1S/C18H24O3/c1-12(2)16(19)21-15-11-17(3,4)14-8-10-18(5,20-6)9-7-13(14)15/h7-10,15H,1,11H2,2-6H3. The van der Waals surface area contributed by atoms with E-state index in [-0.39, 0.29) is 17.5 Å². The summed E-state index contributed by atoms with van der Waals surface area (Å²) in [6.45, 7) is 11.7. The summed E-state index contributed by atoms with van der Waals surface area (Å²) in [5.74, 6) is -0.333.